The zero-order valence-corrected chi connectivity index (χ0v) is 18.9. The number of carbonyl (C=O) groups excluding carboxylic acids is 2. The van der Waals surface area contributed by atoms with Crippen LogP contribution in [0.2, 0.25) is 5.02 Å². The van der Waals surface area contributed by atoms with Gasteiger partial charge in [-0.25, -0.2) is 9.67 Å². The highest BCUT2D eigenvalue weighted by atomic mass is 35.5. The maximum atomic E-state index is 12.2. The van der Waals surface area contributed by atoms with Crippen molar-refractivity contribution >= 4 is 40.1 Å². The van der Waals surface area contributed by atoms with Crippen LogP contribution < -0.4 is 5.32 Å². The Morgan fingerprint density at radius 1 is 1.03 bits per heavy atom. The van der Waals surface area contributed by atoms with Crippen LogP contribution in [0.5, 0.6) is 0 Å². The van der Waals surface area contributed by atoms with Crippen molar-refractivity contribution < 1.29 is 9.59 Å². The molecule has 0 saturated carbocycles. The average molecular weight is 448 g/mol. The number of nitrogens with one attached hydrogen (secondary N) is 1. The Hall–Kier alpha value is -3.71. The molecule has 4 rings (SSSR count). The number of pyridine rings is 1. The summed E-state index contributed by atoms with van der Waals surface area (Å²) < 4.78 is 1.69. The summed E-state index contributed by atoms with van der Waals surface area (Å²) in [7, 11) is 5.27. The minimum absolute atomic E-state index is 0.0456. The summed E-state index contributed by atoms with van der Waals surface area (Å²) in [5.41, 5.74) is 5.22. The van der Waals surface area contributed by atoms with Gasteiger partial charge in [0.2, 0.25) is 5.91 Å². The number of hydrogen-bond donors (Lipinski definition) is 1. The highest BCUT2D eigenvalue weighted by Gasteiger charge is 2.17. The number of benzene rings is 2. The first-order valence-electron chi connectivity index (χ1n) is 9.97. The molecule has 32 heavy (non-hydrogen) atoms. The first-order valence-corrected chi connectivity index (χ1v) is 10.3. The molecule has 0 bridgehead atoms. The Labute approximate surface area is 190 Å². The van der Waals surface area contributed by atoms with Crippen molar-refractivity contribution in [3.05, 3.63) is 65.3 Å². The van der Waals surface area contributed by atoms with Crippen LogP contribution in [0.1, 0.15) is 17.3 Å². The van der Waals surface area contributed by atoms with E-state index in [2.05, 4.69) is 15.4 Å². The molecule has 0 aliphatic carbocycles. The predicted molar refractivity (Wildman–Crippen MR) is 127 cm³/mol. The van der Waals surface area contributed by atoms with Crippen LogP contribution in [0.25, 0.3) is 33.4 Å². The van der Waals surface area contributed by atoms with E-state index in [0.29, 0.717) is 27.6 Å². The third kappa shape index (κ3) is 4.07. The van der Waals surface area contributed by atoms with E-state index in [0.717, 1.165) is 22.1 Å². The van der Waals surface area contributed by atoms with E-state index in [4.69, 9.17) is 11.6 Å². The Balaban J connectivity index is 1.79. The number of fused-ring (bicyclic) bond motifs is 1. The number of amides is 2. The molecule has 2 heterocycles. The largest absolute Gasteiger partial charge is 0.345 e. The van der Waals surface area contributed by atoms with Crippen LogP contribution >= 0.6 is 11.6 Å². The second-order valence-electron chi connectivity index (χ2n) is 7.72. The SMILES string of the molecule is CC(=O)Nc1cnc2c(c1)c(-c1cc(-c3ccc(C(=O)N(C)C)cc3)ccc1Cl)nn2C. The van der Waals surface area contributed by atoms with Gasteiger partial charge in [-0.15, -0.1) is 0 Å². The number of nitrogens with zero attached hydrogens (tertiary/aromatic N) is 4. The van der Waals surface area contributed by atoms with Gasteiger partial charge in [-0.1, -0.05) is 29.8 Å². The highest BCUT2D eigenvalue weighted by molar-refractivity contribution is 6.33. The van der Waals surface area contributed by atoms with Gasteiger partial charge in [0, 0.05) is 44.6 Å². The maximum absolute atomic E-state index is 12.2. The number of aryl methyl sites for hydroxylation is 1. The quantitative estimate of drug-likeness (QED) is 0.495. The number of aromatic nitrogens is 3. The van der Waals surface area contributed by atoms with Crippen LogP contribution in [-0.4, -0.2) is 45.6 Å². The van der Waals surface area contributed by atoms with Crippen LogP contribution in [0, 0.1) is 0 Å². The monoisotopic (exact) mass is 447 g/mol. The zero-order chi connectivity index (χ0) is 23.0. The molecule has 0 unspecified atom stereocenters. The molecule has 1 N–H and O–H groups in total. The molecule has 4 aromatic rings. The average Bonchev–Trinajstić information content (AvgIpc) is 3.09. The lowest BCUT2D eigenvalue weighted by Gasteiger charge is -2.11. The normalized spacial score (nSPS) is 10.9. The molecule has 2 aromatic heterocycles. The maximum Gasteiger partial charge on any atom is 0.253 e. The molecule has 0 aliphatic rings. The topological polar surface area (TPSA) is 80.1 Å². The lowest BCUT2D eigenvalue weighted by atomic mass is 9.99. The summed E-state index contributed by atoms with van der Waals surface area (Å²) in [5.74, 6) is -0.219. The predicted octanol–water partition coefficient (Wildman–Crippen LogP) is 4.62. The molecule has 0 radical (unpaired) electrons. The van der Waals surface area contributed by atoms with Crippen molar-refractivity contribution in [2.75, 3.05) is 19.4 Å². The zero-order valence-electron chi connectivity index (χ0n) is 18.2. The van der Waals surface area contributed by atoms with Gasteiger partial charge in [0.15, 0.2) is 5.65 Å². The fraction of sp³-hybridized carbons (Fsp3) is 0.167. The van der Waals surface area contributed by atoms with E-state index in [9.17, 15) is 9.59 Å². The van der Waals surface area contributed by atoms with Gasteiger partial charge in [0.25, 0.3) is 5.91 Å². The Morgan fingerprint density at radius 3 is 2.38 bits per heavy atom. The smallest absolute Gasteiger partial charge is 0.253 e. The summed E-state index contributed by atoms with van der Waals surface area (Å²) in [5, 5.41) is 8.73. The third-order valence-corrected chi connectivity index (χ3v) is 5.42. The number of carbonyl (C=O) groups is 2. The summed E-state index contributed by atoms with van der Waals surface area (Å²) in [4.78, 5) is 29.6. The van der Waals surface area contributed by atoms with Gasteiger partial charge >= 0.3 is 0 Å². The molecule has 0 spiro atoms. The molecule has 7 nitrogen and oxygen atoms in total. The molecule has 8 heteroatoms. The molecular weight excluding hydrogens is 426 g/mol. The molecular formula is C24H22ClN5O2. The van der Waals surface area contributed by atoms with Crippen molar-refractivity contribution in [2.24, 2.45) is 7.05 Å². The van der Waals surface area contributed by atoms with Gasteiger partial charge < -0.3 is 10.2 Å². The molecule has 162 valence electrons. The summed E-state index contributed by atoms with van der Waals surface area (Å²) in [6.07, 6.45) is 1.60. The van der Waals surface area contributed by atoms with E-state index in [1.807, 2.05) is 55.6 Å². The van der Waals surface area contributed by atoms with E-state index in [1.54, 1.807) is 29.9 Å². The van der Waals surface area contributed by atoms with E-state index in [1.165, 1.54) is 6.92 Å². The van der Waals surface area contributed by atoms with Crippen LogP contribution in [0.15, 0.2) is 54.7 Å². The Kier molecular flexibility index (Phi) is 5.67. The summed E-state index contributed by atoms with van der Waals surface area (Å²) in [6, 6.07) is 15.0. The fourth-order valence-electron chi connectivity index (χ4n) is 3.56. The highest BCUT2D eigenvalue weighted by Crippen LogP contribution is 2.36. The van der Waals surface area contributed by atoms with Gasteiger partial charge in [-0.05, 0) is 41.5 Å². The Bertz CT molecular complexity index is 1340. The molecule has 0 aliphatic heterocycles. The second-order valence-corrected chi connectivity index (χ2v) is 8.13. The molecule has 2 amide bonds. The van der Waals surface area contributed by atoms with E-state index >= 15 is 0 Å². The van der Waals surface area contributed by atoms with Crippen LogP contribution in [-0.2, 0) is 11.8 Å². The van der Waals surface area contributed by atoms with Crippen molar-refractivity contribution in [3.63, 3.8) is 0 Å². The van der Waals surface area contributed by atoms with E-state index < -0.39 is 0 Å². The number of hydrogen-bond acceptors (Lipinski definition) is 4. The number of rotatable bonds is 4. The van der Waals surface area contributed by atoms with E-state index in [-0.39, 0.29) is 11.8 Å². The molecule has 0 atom stereocenters. The van der Waals surface area contributed by atoms with Crippen molar-refractivity contribution in [1.82, 2.24) is 19.7 Å². The fourth-order valence-corrected chi connectivity index (χ4v) is 3.77. The molecule has 0 saturated heterocycles. The van der Waals surface area contributed by atoms with Gasteiger partial charge in [-0.3, -0.25) is 9.59 Å². The standard InChI is InChI=1S/C24H22ClN5O2/c1-14(31)27-18-12-20-22(28-30(4)23(20)26-13-18)19-11-17(9-10-21(19)25)15-5-7-16(8-6-15)24(32)29(2)3/h5-13H,1-4H3,(H,27,31). The first-order chi connectivity index (χ1) is 15.2. The van der Waals surface area contributed by atoms with Crippen molar-refractivity contribution in [3.8, 4) is 22.4 Å². The second kappa shape index (κ2) is 8.43. The number of anilines is 1. The number of halogens is 1. The first kappa shape index (κ1) is 21.5. The van der Waals surface area contributed by atoms with Crippen molar-refractivity contribution in [2.45, 2.75) is 6.92 Å². The lowest BCUT2D eigenvalue weighted by molar-refractivity contribution is -0.114. The van der Waals surface area contributed by atoms with Gasteiger partial charge in [0.1, 0.15) is 5.69 Å². The van der Waals surface area contributed by atoms with Gasteiger partial charge in [0.05, 0.1) is 16.9 Å². The van der Waals surface area contributed by atoms with Crippen molar-refractivity contribution in [1.29, 1.82) is 0 Å². The Morgan fingerprint density at radius 2 is 1.72 bits per heavy atom. The molecule has 2 aromatic carbocycles. The third-order valence-electron chi connectivity index (χ3n) is 5.09. The summed E-state index contributed by atoms with van der Waals surface area (Å²) >= 11 is 6.56. The minimum atomic E-state index is -0.173. The van der Waals surface area contributed by atoms with Crippen LogP contribution in [0.4, 0.5) is 5.69 Å². The summed E-state index contributed by atoms with van der Waals surface area (Å²) in [6.45, 7) is 1.45. The van der Waals surface area contributed by atoms with Gasteiger partial charge in [-0.2, -0.15) is 5.10 Å². The lowest BCUT2D eigenvalue weighted by Crippen LogP contribution is -2.21. The minimum Gasteiger partial charge on any atom is -0.345 e. The van der Waals surface area contributed by atoms with Crippen LogP contribution in [0.3, 0.4) is 0 Å². The molecule has 0 fully saturated rings.